The Kier molecular flexibility index (Phi) is 5.03. The maximum Gasteiger partial charge on any atom is 0.304 e. The zero-order chi connectivity index (χ0) is 13.7. The highest BCUT2D eigenvalue weighted by molar-refractivity contribution is 6.21. The van der Waals surface area contributed by atoms with Crippen molar-refractivity contribution in [2.75, 3.05) is 0 Å². The largest absolute Gasteiger partial charge is 0.481 e. The van der Waals surface area contributed by atoms with E-state index in [0.29, 0.717) is 12.3 Å². The monoisotopic (exact) mass is 278 g/mol. The first-order valence-corrected chi connectivity index (χ1v) is 7.18. The van der Waals surface area contributed by atoms with Crippen molar-refractivity contribution in [2.24, 2.45) is 0 Å². The number of rotatable bonds is 5. The fraction of sp³-hybridized carbons (Fsp3) is 0.438. The number of hydrogen-bond donors (Lipinski definition) is 1. The third-order valence-corrected chi connectivity index (χ3v) is 3.88. The summed E-state index contributed by atoms with van der Waals surface area (Å²) >= 11 is 6.01. The van der Waals surface area contributed by atoms with Crippen molar-refractivity contribution in [3.05, 3.63) is 47.5 Å². The Morgan fingerprint density at radius 3 is 2.63 bits per heavy atom. The predicted molar refractivity (Wildman–Crippen MR) is 77.8 cm³/mol. The van der Waals surface area contributed by atoms with Crippen LogP contribution < -0.4 is 0 Å². The van der Waals surface area contributed by atoms with E-state index in [9.17, 15) is 4.79 Å². The molecule has 0 aliphatic heterocycles. The molecule has 0 bridgehead atoms. The number of aliphatic carboxylic acids is 1. The van der Waals surface area contributed by atoms with Gasteiger partial charge < -0.3 is 5.11 Å². The molecule has 0 heterocycles. The Balaban J connectivity index is 1.94. The van der Waals surface area contributed by atoms with Gasteiger partial charge in [0.15, 0.2) is 0 Å². The predicted octanol–water partition coefficient (Wildman–Crippen LogP) is 4.13. The van der Waals surface area contributed by atoms with Gasteiger partial charge in [0.1, 0.15) is 0 Å². The molecule has 2 unspecified atom stereocenters. The van der Waals surface area contributed by atoms with Crippen LogP contribution in [-0.2, 0) is 11.2 Å². The van der Waals surface area contributed by atoms with Crippen LogP contribution in [0.25, 0.3) is 0 Å². The number of carbonyl (C=O) groups is 1. The molecular weight excluding hydrogens is 260 g/mol. The lowest BCUT2D eigenvalue weighted by Crippen LogP contribution is -2.10. The van der Waals surface area contributed by atoms with E-state index in [1.165, 1.54) is 12.0 Å². The molecule has 0 aromatic heterocycles. The van der Waals surface area contributed by atoms with Crippen LogP contribution in [0.1, 0.15) is 42.7 Å². The quantitative estimate of drug-likeness (QED) is 0.649. The minimum absolute atomic E-state index is 0.0106. The lowest BCUT2D eigenvalue weighted by Gasteiger charge is -2.18. The molecular formula is C16H19ClO2. The molecule has 1 aromatic rings. The van der Waals surface area contributed by atoms with Crippen molar-refractivity contribution in [1.82, 2.24) is 0 Å². The maximum absolute atomic E-state index is 10.6. The van der Waals surface area contributed by atoms with Gasteiger partial charge in [-0.15, -0.1) is 11.6 Å². The van der Waals surface area contributed by atoms with E-state index < -0.39 is 5.97 Å². The third kappa shape index (κ3) is 4.39. The van der Waals surface area contributed by atoms with Crippen molar-refractivity contribution in [3.8, 4) is 0 Å². The highest BCUT2D eigenvalue weighted by Gasteiger charge is 2.13. The van der Waals surface area contributed by atoms with Crippen LogP contribution in [0, 0.1) is 0 Å². The molecule has 0 saturated heterocycles. The van der Waals surface area contributed by atoms with Crippen LogP contribution >= 0.6 is 11.6 Å². The van der Waals surface area contributed by atoms with E-state index in [1.54, 1.807) is 0 Å². The Morgan fingerprint density at radius 2 is 2.05 bits per heavy atom. The molecule has 1 aromatic carbocycles. The molecule has 2 nitrogen and oxygen atoms in total. The van der Waals surface area contributed by atoms with Gasteiger partial charge in [-0.05, 0) is 42.7 Å². The summed E-state index contributed by atoms with van der Waals surface area (Å²) in [5.41, 5.74) is 2.48. The van der Waals surface area contributed by atoms with E-state index in [0.717, 1.165) is 18.4 Å². The van der Waals surface area contributed by atoms with Gasteiger partial charge >= 0.3 is 5.97 Å². The lowest BCUT2D eigenvalue weighted by molar-refractivity contribution is -0.137. The molecule has 0 saturated carbocycles. The normalized spacial score (nSPS) is 20.2. The number of hydrogen-bond acceptors (Lipinski definition) is 1. The molecule has 0 spiro atoms. The van der Waals surface area contributed by atoms with Crippen LogP contribution in [0.2, 0.25) is 0 Å². The average Bonchev–Trinajstić information content (AvgIpc) is 2.39. The summed E-state index contributed by atoms with van der Waals surface area (Å²) in [5, 5.41) is 8.35. The molecule has 102 valence electrons. The van der Waals surface area contributed by atoms with E-state index in [1.807, 2.05) is 0 Å². The fourth-order valence-corrected chi connectivity index (χ4v) is 2.85. The average molecular weight is 279 g/mol. The van der Waals surface area contributed by atoms with Gasteiger partial charge in [0.2, 0.25) is 0 Å². The first-order chi connectivity index (χ1) is 9.15. The molecule has 0 fully saturated rings. The zero-order valence-corrected chi connectivity index (χ0v) is 11.6. The van der Waals surface area contributed by atoms with Gasteiger partial charge in [-0.3, -0.25) is 4.79 Å². The highest BCUT2D eigenvalue weighted by Crippen LogP contribution is 2.29. The van der Waals surface area contributed by atoms with Crippen molar-refractivity contribution in [2.45, 2.75) is 43.4 Å². The summed E-state index contributed by atoms with van der Waals surface area (Å²) in [5.74, 6) is -0.213. The Morgan fingerprint density at radius 1 is 1.32 bits per heavy atom. The lowest BCUT2D eigenvalue weighted by atomic mass is 9.87. The molecule has 0 radical (unpaired) electrons. The summed E-state index contributed by atoms with van der Waals surface area (Å²) in [6, 6.07) is 8.46. The van der Waals surface area contributed by atoms with Crippen molar-refractivity contribution in [1.29, 1.82) is 0 Å². The second-order valence-corrected chi connectivity index (χ2v) is 5.74. The fourth-order valence-electron chi connectivity index (χ4n) is 2.54. The molecule has 19 heavy (non-hydrogen) atoms. The minimum atomic E-state index is -0.842. The molecule has 2 rings (SSSR count). The molecule has 1 aliphatic carbocycles. The first kappa shape index (κ1) is 14.1. The van der Waals surface area contributed by atoms with E-state index >= 15 is 0 Å². The number of benzene rings is 1. The third-order valence-electron chi connectivity index (χ3n) is 3.57. The molecule has 3 heteroatoms. The van der Waals surface area contributed by atoms with E-state index in [2.05, 4.69) is 36.4 Å². The molecule has 1 N–H and O–H groups in total. The molecule has 0 amide bonds. The Hall–Kier alpha value is -1.28. The topological polar surface area (TPSA) is 37.3 Å². The minimum Gasteiger partial charge on any atom is -0.481 e. The Bertz CT molecular complexity index is 450. The van der Waals surface area contributed by atoms with Gasteiger partial charge in [0.25, 0.3) is 0 Å². The van der Waals surface area contributed by atoms with E-state index in [4.69, 9.17) is 16.7 Å². The summed E-state index contributed by atoms with van der Waals surface area (Å²) in [4.78, 5) is 10.6. The summed E-state index contributed by atoms with van der Waals surface area (Å²) in [7, 11) is 0. The first-order valence-electron chi connectivity index (χ1n) is 6.75. The highest BCUT2D eigenvalue weighted by atomic mass is 35.5. The van der Waals surface area contributed by atoms with Gasteiger partial charge in [-0.1, -0.05) is 36.4 Å². The van der Waals surface area contributed by atoms with E-state index in [-0.39, 0.29) is 11.8 Å². The second kappa shape index (κ2) is 6.76. The van der Waals surface area contributed by atoms with Gasteiger partial charge in [0, 0.05) is 5.38 Å². The van der Waals surface area contributed by atoms with Crippen LogP contribution in [0.4, 0.5) is 0 Å². The van der Waals surface area contributed by atoms with Gasteiger partial charge in [-0.2, -0.15) is 0 Å². The number of carboxylic acid groups (broad SMARTS) is 1. The SMILES string of the molecule is O=C(O)CC(Cl)Cc1ccc(C2CC=CCC2)cc1. The maximum atomic E-state index is 10.6. The Labute approximate surface area is 119 Å². The van der Waals surface area contributed by atoms with Crippen molar-refractivity contribution >= 4 is 17.6 Å². The summed E-state index contributed by atoms with van der Waals surface area (Å²) in [6.07, 6.45) is 8.62. The van der Waals surface area contributed by atoms with Gasteiger partial charge in [0.05, 0.1) is 6.42 Å². The number of alkyl halides is 1. The van der Waals surface area contributed by atoms with Crippen LogP contribution in [0.15, 0.2) is 36.4 Å². The summed E-state index contributed by atoms with van der Waals surface area (Å²) in [6.45, 7) is 0. The molecule has 2 atom stereocenters. The van der Waals surface area contributed by atoms with Crippen LogP contribution in [0.5, 0.6) is 0 Å². The molecule has 1 aliphatic rings. The van der Waals surface area contributed by atoms with Crippen LogP contribution in [0.3, 0.4) is 0 Å². The van der Waals surface area contributed by atoms with Gasteiger partial charge in [-0.25, -0.2) is 0 Å². The second-order valence-electron chi connectivity index (χ2n) is 5.12. The van der Waals surface area contributed by atoms with Crippen molar-refractivity contribution < 1.29 is 9.90 Å². The number of allylic oxidation sites excluding steroid dienone is 2. The smallest absolute Gasteiger partial charge is 0.304 e. The zero-order valence-electron chi connectivity index (χ0n) is 10.9. The number of halogens is 1. The summed E-state index contributed by atoms with van der Waals surface area (Å²) < 4.78 is 0. The van der Waals surface area contributed by atoms with Crippen molar-refractivity contribution in [3.63, 3.8) is 0 Å². The standard InChI is InChI=1S/C16H19ClO2/c17-15(11-16(18)19)10-12-6-8-14(9-7-12)13-4-2-1-3-5-13/h1-2,6-9,13,15H,3-5,10-11H2,(H,18,19). The van der Waals surface area contributed by atoms with Crippen LogP contribution in [-0.4, -0.2) is 16.5 Å². The number of carboxylic acids is 1.